The van der Waals surface area contributed by atoms with E-state index in [1.165, 1.54) is 11.3 Å². The predicted molar refractivity (Wildman–Crippen MR) is 154 cm³/mol. The van der Waals surface area contributed by atoms with Gasteiger partial charge in [-0.2, -0.15) is 0 Å². The van der Waals surface area contributed by atoms with E-state index in [4.69, 9.17) is 14.1 Å². The van der Waals surface area contributed by atoms with Crippen LogP contribution in [0.25, 0.3) is 10.6 Å². The van der Waals surface area contributed by atoms with Gasteiger partial charge in [-0.3, -0.25) is 5.32 Å². The van der Waals surface area contributed by atoms with Crippen LogP contribution in [0.3, 0.4) is 0 Å². The summed E-state index contributed by atoms with van der Waals surface area (Å²) < 4.78 is 11.1. The Balaban J connectivity index is 1.35. The van der Waals surface area contributed by atoms with Gasteiger partial charge in [0, 0.05) is 38.2 Å². The summed E-state index contributed by atoms with van der Waals surface area (Å²) in [6.07, 6.45) is 4.50. The summed E-state index contributed by atoms with van der Waals surface area (Å²) in [5.41, 5.74) is 1.72. The fourth-order valence-corrected chi connectivity index (χ4v) is 5.24. The van der Waals surface area contributed by atoms with Gasteiger partial charge in [-0.1, -0.05) is 18.3 Å². The molecule has 3 amide bonds. The number of hydrogen-bond acceptors (Lipinski definition) is 10. The molecule has 4 heterocycles. The zero-order chi connectivity index (χ0) is 28.9. The number of aromatic nitrogens is 4. The molecule has 3 N–H and O–H groups in total. The van der Waals surface area contributed by atoms with Crippen LogP contribution in [0.1, 0.15) is 63.6 Å². The van der Waals surface area contributed by atoms with Crippen LogP contribution < -0.4 is 16.0 Å². The van der Waals surface area contributed by atoms with Crippen molar-refractivity contribution in [2.75, 3.05) is 30.3 Å². The molecule has 1 aliphatic heterocycles. The number of aryl methyl sites for hydroxylation is 3. The van der Waals surface area contributed by atoms with Gasteiger partial charge in [-0.05, 0) is 53.5 Å². The number of thiazole rings is 1. The van der Waals surface area contributed by atoms with Gasteiger partial charge in [0.2, 0.25) is 5.95 Å². The van der Waals surface area contributed by atoms with Crippen molar-refractivity contribution < 1.29 is 18.7 Å². The second-order valence-electron chi connectivity index (χ2n) is 10.7. The van der Waals surface area contributed by atoms with Crippen molar-refractivity contribution >= 4 is 34.5 Å². The lowest BCUT2D eigenvalue weighted by molar-refractivity contribution is 0.0235. The standard InChI is InChI=1S/C27H38N8O4S/c1-7-19-15-29-21(38-19)10-11-28-24(36)34-25-32-17(3)22(40-25)20-13-16(2)31-23(33-20)30-14-18-9-8-12-35(18)26(37)39-27(4,5)6/h13,15,18H,7-12,14H2,1-6H3,(H,30,31,33)(H2,28,32,34,36). The van der Waals surface area contributed by atoms with E-state index in [1.807, 2.05) is 47.6 Å². The molecule has 1 fully saturated rings. The maximum absolute atomic E-state index is 12.6. The molecule has 40 heavy (non-hydrogen) atoms. The number of carbonyl (C=O) groups excluding carboxylic acids is 2. The summed E-state index contributed by atoms with van der Waals surface area (Å²) in [6, 6.07) is 1.54. The van der Waals surface area contributed by atoms with Crippen LogP contribution in [-0.2, 0) is 17.6 Å². The highest BCUT2D eigenvalue weighted by Gasteiger charge is 2.32. The van der Waals surface area contributed by atoms with Crippen molar-refractivity contribution in [2.24, 2.45) is 0 Å². The SMILES string of the molecule is CCc1cnc(CCNC(=O)Nc2nc(C)c(-c3cc(C)nc(NCC4CCCN4C(=O)OC(C)(C)C)n3)s2)o1. The van der Waals surface area contributed by atoms with Gasteiger partial charge in [0.05, 0.1) is 28.5 Å². The molecule has 1 atom stereocenters. The average molecular weight is 571 g/mol. The Morgan fingerprint density at radius 3 is 2.75 bits per heavy atom. The molecule has 0 bridgehead atoms. The Kier molecular flexibility index (Phi) is 9.23. The van der Waals surface area contributed by atoms with E-state index in [9.17, 15) is 9.59 Å². The van der Waals surface area contributed by atoms with Crippen molar-refractivity contribution in [3.8, 4) is 10.6 Å². The molecule has 13 heteroatoms. The summed E-state index contributed by atoms with van der Waals surface area (Å²) >= 11 is 1.35. The summed E-state index contributed by atoms with van der Waals surface area (Å²) in [7, 11) is 0. The first-order valence-electron chi connectivity index (χ1n) is 13.6. The lowest BCUT2D eigenvalue weighted by Gasteiger charge is -2.28. The fourth-order valence-electron chi connectivity index (χ4n) is 4.32. The minimum Gasteiger partial charge on any atom is -0.446 e. The highest BCUT2D eigenvalue weighted by atomic mass is 32.1. The number of amides is 3. The normalized spacial score (nSPS) is 15.2. The Bertz CT molecular complexity index is 1330. The minimum atomic E-state index is -0.538. The molecule has 1 unspecified atom stereocenters. The number of rotatable bonds is 9. The highest BCUT2D eigenvalue weighted by Crippen LogP contribution is 2.32. The van der Waals surface area contributed by atoms with Crippen molar-refractivity contribution in [2.45, 2.75) is 78.9 Å². The molecule has 0 aromatic carbocycles. The molecule has 4 rings (SSSR count). The van der Waals surface area contributed by atoms with Gasteiger partial charge in [0.25, 0.3) is 0 Å². The molecule has 1 saturated heterocycles. The summed E-state index contributed by atoms with van der Waals surface area (Å²) in [6.45, 7) is 13.0. The Morgan fingerprint density at radius 1 is 1.23 bits per heavy atom. The zero-order valence-electron chi connectivity index (χ0n) is 24.0. The van der Waals surface area contributed by atoms with E-state index in [0.29, 0.717) is 48.7 Å². The summed E-state index contributed by atoms with van der Waals surface area (Å²) in [5, 5.41) is 9.38. The van der Waals surface area contributed by atoms with E-state index in [2.05, 4.69) is 30.9 Å². The number of anilines is 2. The number of carbonyl (C=O) groups is 2. The molecule has 3 aromatic rings. The monoisotopic (exact) mass is 570 g/mol. The number of nitrogens with zero attached hydrogens (tertiary/aromatic N) is 5. The number of urea groups is 1. The Labute approximate surface area is 238 Å². The van der Waals surface area contributed by atoms with Crippen molar-refractivity contribution in [3.05, 3.63) is 35.3 Å². The Morgan fingerprint density at radius 2 is 2.02 bits per heavy atom. The smallest absolute Gasteiger partial charge is 0.410 e. The van der Waals surface area contributed by atoms with Crippen LogP contribution in [-0.4, -0.2) is 68.2 Å². The molecule has 0 saturated carbocycles. The third kappa shape index (κ3) is 7.90. The molecule has 1 aliphatic rings. The first-order chi connectivity index (χ1) is 19.0. The number of likely N-dealkylation sites (tertiary alicyclic amines) is 1. The zero-order valence-corrected chi connectivity index (χ0v) is 24.8. The number of oxazole rings is 1. The molecule has 0 aliphatic carbocycles. The molecule has 3 aromatic heterocycles. The molecular formula is C27H38N8O4S. The molecule has 0 radical (unpaired) electrons. The molecular weight excluding hydrogens is 532 g/mol. The van der Waals surface area contributed by atoms with Gasteiger partial charge in [0.1, 0.15) is 11.4 Å². The van der Waals surface area contributed by atoms with Crippen LogP contribution in [0.2, 0.25) is 0 Å². The van der Waals surface area contributed by atoms with Crippen LogP contribution in [0.15, 0.2) is 16.7 Å². The maximum Gasteiger partial charge on any atom is 0.410 e. The Hall–Kier alpha value is -3.74. The minimum absolute atomic E-state index is 0.000806. The van der Waals surface area contributed by atoms with Gasteiger partial charge < -0.3 is 24.7 Å². The molecule has 12 nitrogen and oxygen atoms in total. The van der Waals surface area contributed by atoms with Gasteiger partial charge in [-0.15, -0.1) is 0 Å². The average Bonchev–Trinajstić information content (AvgIpc) is 3.61. The van der Waals surface area contributed by atoms with Crippen LogP contribution in [0, 0.1) is 13.8 Å². The second kappa shape index (κ2) is 12.6. The molecule has 216 valence electrons. The predicted octanol–water partition coefficient (Wildman–Crippen LogP) is 4.94. The van der Waals surface area contributed by atoms with E-state index in [-0.39, 0.29) is 18.2 Å². The van der Waals surface area contributed by atoms with Gasteiger partial charge >= 0.3 is 12.1 Å². The van der Waals surface area contributed by atoms with Gasteiger partial charge in [-0.25, -0.2) is 29.5 Å². The number of ether oxygens (including phenoxy) is 1. The second-order valence-corrected chi connectivity index (χ2v) is 11.7. The fraction of sp³-hybridized carbons (Fsp3) is 0.556. The lowest BCUT2D eigenvalue weighted by atomic mass is 10.2. The van der Waals surface area contributed by atoms with Crippen LogP contribution in [0.5, 0.6) is 0 Å². The largest absolute Gasteiger partial charge is 0.446 e. The third-order valence-electron chi connectivity index (χ3n) is 6.18. The maximum atomic E-state index is 12.6. The summed E-state index contributed by atoms with van der Waals surface area (Å²) in [4.78, 5) is 45.6. The van der Waals surface area contributed by atoms with Crippen LogP contribution in [0.4, 0.5) is 20.7 Å². The van der Waals surface area contributed by atoms with Crippen molar-refractivity contribution in [1.82, 2.24) is 30.2 Å². The highest BCUT2D eigenvalue weighted by molar-refractivity contribution is 7.19. The first-order valence-corrected chi connectivity index (χ1v) is 14.4. The summed E-state index contributed by atoms with van der Waals surface area (Å²) in [5.74, 6) is 1.90. The van der Waals surface area contributed by atoms with E-state index in [1.54, 1.807) is 11.1 Å². The van der Waals surface area contributed by atoms with Crippen molar-refractivity contribution in [1.29, 1.82) is 0 Å². The first kappa shape index (κ1) is 29.2. The van der Waals surface area contributed by atoms with E-state index < -0.39 is 5.60 Å². The topological polar surface area (TPSA) is 147 Å². The van der Waals surface area contributed by atoms with E-state index in [0.717, 1.165) is 41.3 Å². The third-order valence-corrected chi connectivity index (χ3v) is 7.27. The van der Waals surface area contributed by atoms with E-state index >= 15 is 0 Å². The van der Waals surface area contributed by atoms with Crippen molar-refractivity contribution in [3.63, 3.8) is 0 Å². The molecule has 0 spiro atoms. The quantitative estimate of drug-likeness (QED) is 0.325. The lowest BCUT2D eigenvalue weighted by Crippen LogP contribution is -2.42. The van der Waals surface area contributed by atoms with Crippen LogP contribution >= 0.6 is 11.3 Å². The number of hydrogen-bond donors (Lipinski definition) is 3. The number of nitrogens with one attached hydrogen (secondary N) is 3. The van der Waals surface area contributed by atoms with Gasteiger partial charge in [0.15, 0.2) is 11.0 Å².